The summed E-state index contributed by atoms with van der Waals surface area (Å²) in [5.41, 5.74) is 9.88. The Hall–Kier alpha value is -1.06. The number of anilines is 1. The lowest BCUT2D eigenvalue weighted by Crippen LogP contribution is -2.43. The van der Waals surface area contributed by atoms with E-state index in [0.717, 1.165) is 24.8 Å². The molecule has 0 aliphatic carbocycles. The first-order chi connectivity index (χ1) is 9.28. The molecule has 0 atom stereocenters. The molecule has 1 aromatic rings. The number of benzene rings is 1. The SMILES string of the molecule is CCCN1CCC(N2Cc3cccc(N)c3C2)CC1. The molecule has 3 rings (SSSR count). The molecule has 3 nitrogen and oxygen atoms in total. The maximum absolute atomic E-state index is 6.09. The zero-order valence-corrected chi connectivity index (χ0v) is 11.9. The third kappa shape index (κ3) is 2.63. The van der Waals surface area contributed by atoms with Gasteiger partial charge in [0.1, 0.15) is 0 Å². The first kappa shape index (κ1) is 12.9. The standard InChI is InChI=1S/C16H25N3/c1-2-8-18-9-6-14(7-10-18)19-11-13-4-3-5-16(17)15(13)12-19/h3-5,14H,2,6-12,17H2,1H3. The highest BCUT2D eigenvalue weighted by Gasteiger charge is 2.29. The van der Waals surface area contributed by atoms with Crippen molar-refractivity contribution >= 4 is 5.69 Å². The van der Waals surface area contributed by atoms with E-state index in [1.165, 1.54) is 50.0 Å². The summed E-state index contributed by atoms with van der Waals surface area (Å²) in [6.07, 6.45) is 3.90. The number of hydrogen-bond acceptors (Lipinski definition) is 3. The van der Waals surface area contributed by atoms with Gasteiger partial charge in [-0.15, -0.1) is 0 Å². The second-order valence-corrected chi connectivity index (χ2v) is 5.96. The van der Waals surface area contributed by atoms with E-state index in [1.807, 2.05) is 6.07 Å². The van der Waals surface area contributed by atoms with Crippen molar-refractivity contribution in [3.63, 3.8) is 0 Å². The first-order valence-corrected chi connectivity index (χ1v) is 7.60. The van der Waals surface area contributed by atoms with Gasteiger partial charge in [-0.1, -0.05) is 19.1 Å². The van der Waals surface area contributed by atoms with Crippen LogP contribution < -0.4 is 5.73 Å². The van der Waals surface area contributed by atoms with Gasteiger partial charge in [0, 0.05) is 24.8 Å². The Kier molecular flexibility index (Phi) is 3.76. The van der Waals surface area contributed by atoms with Crippen LogP contribution in [0.4, 0.5) is 5.69 Å². The van der Waals surface area contributed by atoms with E-state index in [2.05, 4.69) is 28.9 Å². The Balaban J connectivity index is 1.60. The molecule has 2 aliphatic heterocycles. The predicted molar refractivity (Wildman–Crippen MR) is 79.9 cm³/mol. The van der Waals surface area contributed by atoms with E-state index in [4.69, 9.17) is 5.73 Å². The molecule has 19 heavy (non-hydrogen) atoms. The van der Waals surface area contributed by atoms with Crippen molar-refractivity contribution in [2.75, 3.05) is 25.4 Å². The largest absolute Gasteiger partial charge is 0.398 e. The number of fused-ring (bicyclic) bond motifs is 1. The van der Waals surface area contributed by atoms with Gasteiger partial charge in [0.15, 0.2) is 0 Å². The summed E-state index contributed by atoms with van der Waals surface area (Å²) in [6, 6.07) is 7.10. The van der Waals surface area contributed by atoms with Crippen molar-refractivity contribution in [2.45, 2.75) is 45.3 Å². The summed E-state index contributed by atoms with van der Waals surface area (Å²) in [4.78, 5) is 5.23. The fourth-order valence-corrected chi connectivity index (χ4v) is 3.56. The van der Waals surface area contributed by atoms with Crippen molar-refractivity contribution in [1.29, 1.82) is 0 Å². The normalized spacial score (nSPS) is 21.7. The lowest BCUT2D eigenvalue weighted by molar-refractivity contribution is 0.107. The van der Waals surface area contributed by atoms with Gasteiger partial charge in [0.25, 0.3) is 0 Å². The summed E-state index contributed by atoms with van der Waals surface area (Å²) >= 11 is 0. The minimum absolute atomic E-state index is 0.750. The number of likely N-dealkylation sites (tertiary alicyclic amines) is 1. The molecule has 1 aromatic carbocycles. The summed E-state index contributed by atoms with van der Waals surface area (Å²) in [5.74, 6) is 0. The van der Waals surface area contributed by atoms with Crippen molar-refractivity contribution in [1.82, 2.24) is 9.80 Å². The fraction of sp³-hybridized carbons (Fsp3) is 0.625. The second-order valence-electron chi connectivity index (χ2n) is 5.96. The number of nitrogen functional groups attached to an aromatic ring is 1. The van der Waals surface area contributed by atoms with Gasteiger partial charge in [0.2, 0.25) is 0 Å². The van der Waals surface area contributed by atoms with Gasteiger partial charge in [0.05, 0.1) is 0 Å². The van der Waals surface area contributed by atoms with Crippen molar-refractivity contribution in [2.24, 2.45) is 0 Å². The van der Waals surface area contributed by atoms with Crippen LogP contribution in [0.25, 0.3) is 0 Å². The van der Waals surface area contributed by atoms with E-state index in [9.17, 15) is 0 Å². The number of piperidine rings is 1. The highest BCUT2D eigenvalue weighted by Crippen LogP contribution is 2.31. The smallest absolute Gasteiger partial charge is 0.0363 e. The van der Waals surface area contributed by atoms with Gasteiger partial charge in [-0.2, -0.15) is 0 Å². The summed E-state index contributed by atoms with van der Waals surface area (Å²) in [6.45, 7) is 8.22. The first-order valence-electron chi connectivity index (χ1n) is 7.60. The number of hydrogen-bond donors (Lipinski definition) is 1. The lowest BCUT2D eigenvalue weighted by atomic mass is 10.0. The number of nitrogens with zero attached hydrogens (tertiary/aromatic N) is 2. The van der Waals surface area contributed by atoms with Crippen LogP contribution in [-0.2, 0) is 13.1 Å². The van der Waals surface area contributed by atoms with Crippen LogP contribution >= 0.6 is 0 Å². The van der Waals surface area contributed by atoms with Crippen LogP contribution in [-0.4, -0.2) is 35.5 Å². The van der Waals surface area contributed by atoms with E-state index in [-0.39, 0.29) is 0 Å². The highest BCUT2D eigenvalue weighted by molar-refractivity contribution is 5.52. The summed E-state index contributed by atoms with van der Waals surface area (Å²) in [5, 5.41) is 0. The molecule has 0 radical (unpaired) electrons. The molecule has 0 unspecified atom stereocenters. The monoisotopic (exact) mass is 259 g/mol. The van der Waals surface area contributed by atoms with Crippen molar-refractivity contribution < 1.29 is 0 Å². The minimum atomic E-state index is 0.750. The van der Waals surface area contributed by atoms with Crippen molar-refractivity contribution in [3.8, 4) is 0 Å². The average Bonchev–Trinajstić information content (AvgIpc) is 2.85. The van der Waals surface area contributed by atoms with Crippen molar-refractivity contribution in [3.05, 3.63) is 29.3 Å². The molecular weight excluding hydrogens is 234 g/mol. The Morgan fingerprint density at radius 1 is 1.21 bits per heavy atom. The molecule has 1 fully saturated rings. The molecule has 1 saturated heterocycles. The van der Waals surface area contributed by atoms with Gasteiger partial charge in [-0.05, 0) is 56.1 Å². The Morgan fingerprint density at radius 3 is 2.68 bits per heavy atom. The Morgan fingerprint density at radius 2 is 2.00 bits per heavy atom. The molecule has 104 valence electrons. The molecule has 2 aliphatic rings. The Labute approximate surface area is 116 Å². The zero-order valence-electron chi connectivity index (χ0n) is 11.9. The third-order valence-electron chi connectivity index (χ3n) is 4.66. The zero-order chi connectivity index (χ0) is 13.2. The van der Waals surface area contributed by atoms with Crippen LogP contribution in [0, 0.1) is 0 Å². The molecule has 2 N–H and O–H groups in total. The van der Waals surface area contributed by atoms with Gasteiger partial charge < -0.3 is 10.6 Å². The maximum Gasteiger partial charge on any atom is 0.0363 e. The van der Waals surface area contributed by atoms with Crippen LogP contribution in [0.2, 0.25) is 0 Å². The van der Waals surface area contributed by atoms with Gasteiger partial charge in [-0.3, -0.25) is 4.90 Å². The Bertz CT molecular complexity index is 436. The molecule has 3 heteroatoms. The molecule has 0 bridgehead atoms. The highest BCUT2D eigenvalue weighted by atomic mass is 15.2. The third-order valence-corrected chi connectivity index (χ3v) is 4.66. The molecule has 0 aromatic heterocycles. The molecule has 0 spiro atoms. The minimum Gasteiger partial charge on any atom is -0.398 e. The fourth-order valence-electron chi connectivity index (χ4n) is 3.56. The van der Waals surface area contributed by atoms with Crippen LogP contribution in [0.1, 0.15) is 37.3 Å². The maximum atomic E-state index is 6.09. The predicted octanol–water partition coefficient (Wildman–Crippen LogP) is 2.46. The van der Waals surface area contributed by atoms with Crippen LogP contribution in [0.5, 0.6) is 0 Å². The average molecular weight is 259 g/mol. The van der Waals surface area contributed by atoms with Gasteiger partial charge in [-0.25, -0.2) is 0 Å². The molecule has 0 saturated carbocycles. The quantitative estimate of drug-likeness (QED) is 0.846. The van der Waals surface area contributed by atoms with E-state index >= 15 is 0 Å². The second kappa shape index (κ2) is 5.51. The lowest BCUT2D eigenvalue weighted by Gasteiger charge is -2.36. The van der Waals surface area contributed by atoms with E-state index in [1.54, 1.807) is 0 Å². The molecular formula is C16H25N3. The summed E-state index contributed by atoms with van der Waals surface area (Å²) < 4.78 is 0. The summed E-state index contributed by atoms with van der Waals surface area (Å²) in [7, 11) is 0. The van der Waals surface area contributed by atoms with Crippen LogP contribution in [0.15, 0.2) is 18.2 Å². The number of nitrogens with two attached hydrogens (primary N) is 1. The van der Waals surface area contributed by atoms with Gasteiger partial charge >= 0.3 is 0 Å². The molecule has 2 heterocycles. The van der Waals surface area contributed by atoms with E-state index in [0.29, 0.717) is 0 Å². The van der Waals surface area contributed by atoms with Crippen LogP contribution in [0.3, 0.4) is 0 Å². The van der Waals surface area contributed by atoms with E-state index < -0.39 is 0 Å². The molecule has 0 amide bonds. The topological polar surface area (TPSA) is 32.5 Å². The number of rotatable bonds is 3.